The van der Waals surface area contributed by atoms with Gasteiger partial charge in [0.15, 0.2) is 23.9 Å². The number of ether oxygens (including phenoxy) is 5. The highest BCUT2D eigenvalue weighted by Gasteiger charge is 2.37. The first-order chi connectivity index (χ1) is 27.8. The van der Waals surface area contributed by atoms with Crippen molar-refractivity contribution in [1.29, 1.82) is 0 Å². The fourth-order valence-corrected chi connectivity index (χ4v) is 8.15. The SMILES string of the molecule is COc1ccc([C@H](Cc2c(Cl)c[nH+]cc2Cl)OC(=O)Cc2cccc(COc3cccc([C@@H](NC(=O)O[C@H]4CN5CCC4CC5)c4ccccc4)c3)c2)cc1OC.[OH-]. The number of carbonyl (C=O) groups excluding carboxylic acids is 2. The summed E-state index contributed by atoms with van der Waals surface area (Å²) >= 11 is 13.0. The van der Waals surface area contributed by atoms with Crippen LogP contribution in [-0.2, 0) is 33.7 Å². The largest absolute Gasteiger partial charge is 0.870 e. The summed E-state index contributed by atoms with van der Waals surface area (Å²) in [6.45, 7) is 3.20. The van der Waals surface area contributed by atoms with Crippen LogP contribution in [0.1, 0.15) is 58.4 Å². The van der Waals surface area contributed by atoms with Crippen LogP contribution in [0, 0.1) is 5.92 Å². The number of piperidine rings is 3. The number of hydrogen-bond acceptors (Lipinski definition) is 9. The van der Waals surface area contributed by atoms with E-state index >= 15 is 0 Å². The lowest BCUT2D eigenvalue weighted by Crippen LogP contribution is -2.52. The average Bonchev–Trinajstić information content (AvgIpc) is 3.23. The van der Waals surface area contributed by atoms with Gasteiger partial charge in [0.05, 0.1) is 26.7 Å². The second-order valence-corrected chi connectivity index (χ2v) is 15.2. The van der Waals surface area contributed by atoms with Crippen molar-refractivity contribution in [3.8, 4) is 17.2 Å². The van der Waals surface area contributed by atoms with E-state index < -0.39 is 24.2 Å². The Balaban J connectivity index is 0.00000567. The molecule has 1 amide bonds. The Hall–Kier alpha value is -5.33. The number of H-pyrrole nitrogens is 1. The molecule has 3 atom stereocenters. The first kappa shape index (κ1) is 42.3. The molecule has 58 heavy (non-hydrogen) atoms. The van der Waals surface area contributed by atoms with Gasteiger partial charge in [0.2, 0.25) is 0 Å². The van der Waals surface area contributed by atoms with Crippen molar-refractivity contribution in [1.82, 2.24) is 10.2 Å². The number of aromatic nitrogens is 1. The minimum Gasteiger partial charge on any atom is -0.870 e. The molecule has 3 aliphatic rings. The van der Waals surface area contributed by atoms with Crippen LogP contribution in [0.15, 0.2) is 109 Å². The number of nitrogens with one attached hydrogen (secondary N) is 2. The third-order valence-electron chi connectivity index (χ3n) is 10.6. The Bertz CT molecular complexity index is 2150. The van der Waals surface area contributed by atoms with Crippen molar-refractivity contribution in [3.05, 3.63) is 153 Å². The van der Waals surface area contributed by atoms with Gasteiger partial charge in [0.25, 0.3) is 0 Å². The molecular formula is C45H47Cl2N3O8. The van der Waals surface area contributed by atoms with Gasteiger partial charge < -0.3 is 34.5 Å². The van der Waals surface area contributed by atoms with Crippen LogP contribution in [0.4, 0.5) is 4.79 Å². The van der Waals surface area contributed by atoms with Crippen LogP contribution in [0.2, 0.25) is 10.0 Å². The first-order valence-electron chi connectivity index (χ1n) is 19.1. The average molecular weight is 829 g/mol. The number of nitrogens with zero attached hydrogens (tertiary/aromatic N) is 1. The van der Waals surface area contributed by atoms with E-state index in [9.17, 15) is 9.59 Å². The topological polar surface area (TPSA) is 140 Å². The highest BCUT2D eigenvalue weighted by Crippen LogP contribution is 2.36. The fraction of sp³-hybridized carbons (Fsp3) is 0.311. The van der Waals surface area contributed by atoms with Crippen LogP contribution in [0.3, 0.4) is 0 Å². The van der Waals surface area contributed by atoms with Crippen molar-refractivity contribution in [2.24, 2.45) is 5.92 Å². The van der Waals surface area contributed by atoms with E-state index in [4.69, 9.17) is 46.9 Å². The lowest BCUT2D eigenvalue weighted by atomic mass is 9.86. The van der Waals surface area contributed by atoms with Crippen LogP contribution in [0.25, 0.3) is 0 Å². The summed E-state index contributed by atoms with van der Waals surface area (Å²) in [5, 5.41) is 3.99. The molecule has 13 heteroatoms. The molecule has 0 radical (unpaired) electrons. The number of halogens is 2. The number of amides is 1. The molecule has 3 N–H and O–H groups in total. The molecule has 4 heterocycles. The van der Waals surface area contributed by atoms with E-state index in [1.54, 1.807) is 38.7 Å². The summed E-state index contributed by atoms with van der Waals surface area (Å²) in [5.41, 5.74) is 4.77. The molecule has 11 nitrogen and oxygen atoms in total. The molecule has 0 unspecified atom stereocenters. The van der Waals surface area contributed by atoms with Crippen molar-refractivity contribution >= 4 is 35.3 Å². The minimum absolute atomic E-state index is 0. The van der Waals surface area contributed by atoms with Gasteiger partial charge in [-0.25, -0.2) is 9.78 Å². The second-order valence-electron chi connectivity index (χ2n) is 14.4. The summed E-state index contributed by atoms with van der Waals surface area (Å²) in [4.78, 5) is 32.1. The van der Waals surface area contributed by atoms with Crippen LogP contribution >= 0.6 is 23.2 Å². The maximum atomic E-state index is 13.5. The van der Waals surface area contributed by atoms with E-state index in [1.165, 1.54) is 0 Å². The molecule has 4 aromatic carbocycles. The molecule has 304 valence electrons. The number of alkyl carbamates (subject to hydrolysis) is 1. The Morgan fingerprint density at radius 1 is 0.810 bits per heavy atom. The number of carbonyl (C=O) groups is 2. The normalized spacial score (nSPS) is 17.9. The van der Waals surface area contributed by atoms with Gasteiger partial charge in [-0.1, -0.05) is 96.0 Å². The van der Waals surface area contributed by atoms with E-state index in [0.29, 0.717) is 44.3 Å². The number of esters is 1. The van der Waals surface area contributed by atoms with Crippen molar-refractivity contribution in [3.63, 3.8) is 0 Å². The van der Waals surface area contributed by atoms with Crippen LogP contribution in [0.5, 0.6) is 17.2 Å². The highest BCUT2D eigenvalue weighted by atomic mass is 35.5. The fourth-order valence-electron chi connectivity index (χ4n) is 7.62. The summed E-state index contributed by atoms with van der Waals surface area (Å²) in [6.07, 6.45) is 4.42. The highest BCUT2D eigenvalue weighted by molar-refractivity contribution is 6.35. The molecule has 3 saturated heterocycles. The Morgan fingerprint density at radius 3 is 2.22 bits per heavy atom. The van der Waals surface area contributed by atoms with Crippen molar-refractivity contribution in [2.75, 3.05) is 33.9 Å². The number of hydrogen-bond donors (Lipinski definition) is 1. The molecule has 3 aliphatic heterocycles. The quantitative estimate of drug-likeness (QED) is 0.104. The maximum Gasteiger partial charge on any atom is 0.408 e. The zero-order valence-electron chi connectivity index (χ0n) is 32.4. The summed E-state index contributed by atoms with van der Waals surface area (Å²) in [6, 6.07) is 30.1. The predicted molar refractivity (Wildman–Crippen MR) is 219 cm³/mol. The van der Waals surface area contributed by atoms with Gasteiger partial charge in [0.1, 0.15) is 34.6 Å². The predicted octanol–water partition coefficient (Wildman–Crippen LogP) is 8.21. The lowest BCUT2D eigenvalue weighted by molar-refractivity contribution is -0.377. The first-order valence-corrected chi connectivity index (χ1v) is 19.8. The van der Waals surface area contributed by atoms with Gasteiger partial charge in [0, 0.05) is 18.5 Å². The number of rotatable bonds is 15. The number of benzene rings is 4. The van der Waals surface area contributed by atoms with E-state index in [2.05, 4.69) is 15.2 Å². The zero-order chi connectivity index (χ0) is 39.7. The molecule has 1 aromatic heterocycles. The monoisotopic (exact) mass is 827 g/mol. The number of methoxy groups -OCH3 is 2. The summed E-state index contributed by atoms with van der Waals surface area (Å²) in [5.74, 6) is 1.67. The van der Waals surface area contributed by atoms with Gasteiger partial charge in [-0.05, 0) is 83.9 Å². The van der Waals surface area contributed by atoms with Gasteiger partial charge >= 0.3 is 12.1 Å². The third kappa shape index (κ3) is 10.6. The smallest absolute Gasteiger partial charge is 0.408 e. The number of pyridine rings is 1. The van der Waals surface area contributed by atoms with E-state index in [1.807, 2.05) is 84.9 Å². The van der Waals surface area contributed by atoms with Crippen LogP contribution in [-0.4, -0.2) is 62.4 Å². The third-order valence-corrected chi connectivity index (χ3v) is 11.3. The van der Waals surface area contributed by atoms with E-state index in [-0.39, 0.29) is 31.0 Å². The minimum atomic E-state index is -0.718. The summed E-state index contributed by atoms with van der Waals surface area (Å²) in [7, 11) is 3.11. The molecule has 0 spiro atoms. The lowest BCUT2D eigenvalue weighted by Gasteiger charge is -2.43. The molecule has 0 saturated carbocycles. The molecular weight excluding hydrogens is 781 g/mol. The Morgan fingerprint density at radius 2 is 1.52 bits per heavy atom. The van der Waals surface area contributed by atoms with Crippen LogP contribution < -0.4 is 24.5 Å². The number of fused-ring (bicyclic) bond motifs is 3. The number of aromatic amines is 1. The molecule has 5 aromatic rings. The molecule has 8 rings (SSSR count). The van der Waals surface area contributed by atoms with Gasteiger partial charge in [-0.3, -0.25) is 9.69 Å². The maximum absolute atomic E-state index is 13.5. The zero-order valence-corrected chi connectivity index (χ0v) is 33.9. The standard InChI is InChI=1S/C45H45Cl2N3O7.H2O/c1-53-39-15-14-33(23-41(39)54-2)40(24-36-37(46)25-48-26-38(36)47)56-43(51)21-29-8-6-9-30(20-29)28-55-35-13-7-12-34(22-35)44(32-10-4-3-5-11-32)49-45(52)57-42-27-50-18-16-31(42)17-19-50;/h3-15,20,22-23,25-26,31,40,42,44H,16-19,21,24,27-28H2,1-2H3,(H,49,52);1H2/t40-,42-,44-;/m0./s1. The molecule has 2 bridgehead atoms. The molecule has 3 fully saturated rings. The molecule has 0 aliphatic carbocycles. The van der Waals surface area contributed by atoms with Crippen molar-refractivity contribution < 1.29 is 43.7 Å². The second kappa shape index (κ2) is 19.9. The Labute approximate surface area is 348 Å². The Kier molecular flexibility index (Phi) is 14.5. The van der Waals surface area contributed by atoms with Gasteiger partial charge in [-0.15, -0.1) is 0 Å². The summed E-state index contributed by atoms with van der Waals surface area (Å²) < 4.78 is 29.3. The van der Waals surface area contributed by atoms with E-state index in [0.717, 1.165) is 54.7 Å². The van der Waals surface area contributed by atoms with Gasteiger partial charge in [-0.2, -0.15) is 0 Å². The van der Waals surface area contributed by atoms with Crippen molar-refractivity contribution in [2.45, 2.75) is 50.5 Å².